The third kappa shape index (κ3) is 6.36. The maximum absolute atomic E-state index is 5.39. The van der Waals surface area contributed by atoms with Crippen LogP contribution in [0.3, 0.4) is 0 Å². The lowest BCUT2D eigenvalue weighted by atomic mass is 10.1. The van der Waals surface area contributed by atoms with E-state index in [1.165, 1.54) is 0 Å². The predicted molar refractivity (Wildman–Crippen MR) is 96.2 cm³/mol. The summed E-state index contributed by atoms with van der Waals surface area (Å²) in [5.74, 6) is 0.843. The van der Waals surface area contributed by atoms with Crippen molar-refractivity contribution in [1.82, 2.24) is 15.2 Å². The Kier molecular flexibility index (Phi) is 8.60. The molecule has 1 aromatic rings. The maximum Gasteiger partial charge on any atom is 0.193 e. The lowest BCUT2D eigenvalue weighted by molar-refractivity contribution is 0.0264. The molecular weight excluding hydrogens is 387 g/mol. The first-order valence-corrected chi connectivity index (χ1v) is 7.14. The highest BCUT2D eigenvalue weighted by molar-refractivity contribution is 14.0. The molecular formula is C13H25IN4OS. The highest BCUT2D eigenvalue weighted by Gasteiger charge is 2.18. The number of halogens is 1. The molecule has 0 saturated carbocycles. The number of ether oxygens (including phenoxy) is 1. The van der Waals surface area contributed by atoms with E-state index >= 15 is 0 Å². The second-order valence-corrected chi connectivity index (χ2v) is 6.14. The van der Waals surface area contributed by atoms with Crippen LogP contribution in [-0.2, 0) is 11.3 Å². The van der Waals surface area contributed by atoms with Crippen molar-refractivity contribution in [2.24, 2.45) is 4.99 Å². The summed E-state index contributed by atoms with van der Waals surface area (Å²) in [6.45, 7) is 7.55. The van der Waals surface area contributed by atoms with Crippen molar-refractivity contribution >= 4 is 41.3 Å². The van der Waals surface area contributed by atoms with Gasteiger partial charge in [0.1, 0.15) is 0 Å². The molecule has 0 unspecified atom stereocenters. The Labute approximate surface area is 142 Å². The average Bonchev–Trinajstić information content (AvgIpc) is 2.75. The third-order valence-electron chi connectivity index (χ3n) is 2.86. The van der Waals surface area contributed by atoms with E-state index in [-0.39, 0.29) is 29.6 Å². The van der Waals surface area contributed by atoms with Gasteiger partial charge in [-0.15, -0.1) is 35.3 Å². The summed E-state index contributed by atoms with van der Waals surface area (Å²) in [5.41, 5.74) is 0.854. The van der Waals surface area contributed by atoms with E-state index in [2.05, 4.69) is 25.6 Å². The highest BCUT2D eigenvalue weighted by atomic mass is 127. The number of hydrogen-bond acceptors (Lipinski definition) is 4. The topological polar surface area (TPSA) is 49.8 Å². The van der Waals surface area contributed by atoms with Crippen LogP contribution in [0.2, 0.25) is 0 Å². The summed E-state index contributed by atoms with van der Waals surface area (Å²) in [6.07, 6.45) is 0. The van der Waals surface area contributed by atoms with Crippen LogP contribution in [0.5, 0.6) is 0 Å². The number of nitrogens with zero attached hydrogens (tertiary/aromatic N) is 3. The fraction of sp³-hybridized carbons (Fsp3) is 0.692. The van der Waals surface area contributed by atoms with E-state index in [1.54, 1.807) is 25.5 Å². The molecule has 116 valence electrons. The van der Waals surface area contributed by atoms with Crippen LogP contribution >= 0.6 is 35.3 Å². The van der Waals surface area contributed by atoms with Gasteiger partial charge < -0.3 is 15.0 Å². The van der Waals surface area contributed by atoms with Gasteiger partial charge in [0, 0.05) is 33.1 Å². The Hall–Kier alpha value is -0.410. The molecule has 1 rings (SSSR count). The van der Waals surface area contributed by atoms with Crippen molar-refractivity contribution in [3.8, 4) is 0 Å². The average molecular weight is 412 g/mol. The number of aliphatic imine (C=N–C) groups is 1. The molecule has 0 bridgehead atoms. The van der Waals surface area contributed by atoms with Crippen LogP contribution in [-0.4, -0.2) is 49.2 Å². The number of hydrogen-bond donors (Lipinski definition) is 1. The van der Waals surface area contributed by atoms with Crippen molar-refractivity contribution in [3.63, 3.8) is 0 Å². The first-order chi connectivity index (χ1) is 8.88. The van der Waals surface area contributed by atoms with Crippen molar-refractivity contribution in [2.75, 3.05) is 27.7 Å². The van der Waals surface area contributed by atoms with Gasteiger partial charge in [-0.25, -0.2) is 4.98 Å². The zero-order valence-electron chi connectivity index (χ0n) is 13.1. The van der Waals surface area contributed by atoms with Crippen molar-refractivity contribution in [1.29, 1.82) is 0 Å². The quantitative estimate of drug-likeness (QED) is 0.459. The van der Waals surface area contributed by atoms with Gasteiger partial charge in [-0.3, -0.25) is 4.99 Å². The second-order valence-electron chi connectivity index (χ2n) is 5.08. The molecule has 0 aliphatic carbocycles. The normalized spacial score (nSPS) is 12.0. The van der Waals surface area contributed by atoms with Gasteiger partial charge in [-0.05, 0) is 20.8 Å². The molecule has 0 radical (unpaired) electrons. The van der Waals surface area contributed by atoms with Gasteiger partial charge in [0.25, 0.3) is 0 Å². The Morgan fingerprint density at radius 1 is 1.55 bits per heavy atom. The van der Waals surface area contributed by atoms with E-state index in [9.17, 15) is 0 Å². The Morgan fingerprint density at radius 3 is 2.65 bits per heavy atom. The number of aromatic nitrogens is 1. The summed E-state index contributed by atoms with van der Waals surface area (Å²) in [5, 5.41) is 6.49. The Morgan fingerprint density at radius 2 is 2.20 bits per heavy atom. The van der Waals surface area contributed by atoms with Gasteiger partial charge in [0.15, 0.2) is 5.96 Å². The van der Waals surface area contributed by atoms with Crippen molar-refractivity contribution in [2.45, 2.75) is 32.9 Å². The minimum absolute atomic E-state index is 0. The molecule has 0 aliphatic rings. The van der Waals surface area contributed by atoms with E-state index in [1.807, 2.05) is 27.8 Å². The van der Waals surface area contributed by atoms with Gasteiger partial charge in [-0.1, -0.05) is 0 Å². The molecule has 20 heavy (non-hydrogen) atoms. The van der Waals surface area contributed by atoms with Crippen molar-refractivity contribution < 1.29 is 4.74 Å². The summed E-state index contributed by atoms with van der Waals surface area (Å²) in [7, 11) is 5.50. The van der Waals surface area contributed by atoms with Gasteiger partial charge >= 0.3 is 0 Å². The molecule has 1 aromatic heterocycles. The maximum atomic E-state index is 5.39. The second kappa shape index (κ2) is 8.78. The van der Waals surface area contributed by atoms with Crippen LogP contribution in [0, 0.1) is 6.92 Å². The zero-order valence-corrected chi connectivity index (χ0v) is 16.2. The lowest BCUT2D eigenvalue weighted by Crippen LogP contribution is -2.45. The standard InChI is InChI=1S/C13H24N4OS.HI/c1-10-16-11(8-19-10)7-17(5)12(14-4)15-9-13(2,3)18-6;/h8H,7,9H2,1-6H3,(H,14,15);1H. The van der Waals surface area contributed by atoms with Crippen LogP contribution < -0.4 is 5.32 Å². The van der Waals surface area contributed by atoms with Gasteiger partial charge in [0.05, 0.1) is 22.8 Å². The van der Waals surface area contributed by atoms with E-state index in [0.29, 0.717) is 6.54 Å². The van der Waals surface area contributed by atoms with E-state index in [4.69, 9.17) is 4.74 Å². The molecule has 7 heteroatoms. The Balaban J connectivity index is 0.00000361. The number of guanidine groups is 1. The van der Waals surface area contributed by atoms with Crippen LogP contribution in [0.1, 0.15) is 24.5 Å². The first-order valence-electron chi connectivity index (χ1n) is 6.26. The third-order valence-corrected chi connectivity index (χ3v) is 3.69. The van der Waals surface area contributed by atoms with Gasteiger partial charge in [-0.2, -0.15) is 0 Å². The molecule has 0 spiro atoms. The largest absolute Gasteiger partial charge is 0.377 e. The first kappa shape index (κ1) is 19.6. The highest BCUT2D eigenvalue weighted by Crippen LogP contribution is 2.10. The monoisotopic (exact) mass is 412 g/mol. The molecule has 0 saturated heterocycles. The Bertz CT molecular complexity index is 434. The van der Waals surface area contributed by atoms with Crippen LogP contribution in [0.4, 0.5) is 0 Å². The molecule has 0 aliphatic heterocycles. The molecule has 0 atom stereocenters. The summed E-state index contributed by atoms with van der Waals surface area (Å²) >= 11 is 1.67. The number of nitrogens with one attached hydrogen (secondary N) is 1. The van der Waals surface area contributed by atoms with E-state index in [0.717, 1.165) is 23.2 Å². The van der Waals surface area contributed by atoms with Crippen LogP contribution in [0.15, 0.2) is 10.4 Å². The predicted octanol–water partition coefficient (Wildman–Crippen LogP) is 2.50. The minimum Gasteiger partial charge on any atom is -0.377 e. The fourth-order valence-electron chi connectivity index (χ4n) is 1.55. The molecule has 5 nitrogen and oxygen atoms in total. The molecule has 0 fully saturated rings. The number of methoxy groups -OCH3 is 1. The number of thiazole rings is 1. The molecule has 0 aromatic carbocycles. The SMILES string of the molecule is CN=C(NCC(C)(C)OC)N(C)Cc1csc(C)n1.I. The zero-order chi connectivity index (χ0) is 14.5. The summed E-state index contributed by atoms with van der Waals surface area (Å²) in [4.78, 5) is 10.8. The molecule has 1 N–H and O–H groups in total. The summed E-state index contributed by atoms with van der Waals surface area (Å²) < 4.78 is 5.39. The minimum atomic E-state index is -0.214. The van der Waals surface area contributed by atoms with Gasteiger partial charge in [0.2, 0.25) is 0 Å². The number of rotatable bonds is 5. The lowest BCUT2D eigenvalue weighted by Gasteiger charge is -2.27. The smallest absolute Gasteiger partial charge is 0.193 e. The molecule has 1 heterocycles. The van der Waals surface area contributed by atoms with Crippen LogP contribution in [0.25, 0.3) is 0 Å². The van der Waals surface area contributed by atoms with Crippen molar-refractivity contribution in [3.05, 3.63) is 16.1 Å². The fourth-order valence-corrected chi connectivity index (χ4v) is 2.15. The summed E-state index contributed by atoms with van der Waals surface area (Å²) in [6, 6.07) is 0. The number of aryl methyl sites for hydroxylation is 1. The molecule has 0 amide bonds. The van der Waals surface area contributed by atoms with E-state index < -0.39 is 0 Å².